The summed E-state index contributed by atoms with van der Waals surface area (Å²) in [5, 5.41) is 9.65. The maximum atomic E-state index is 4.60. The predicted octanol–water partition coefficient (Wildman–Crippen LogP) is 0.144. The molecule has 0 radical (unpaired) electrons. The number of hydrogen-bond acceptors (Lipinski definition) is 4. The number of aromatic nitrogens is 3. The van der Waals surface area contributed by atoms with Gasteiger partial charge in [0.05, 0.1) is 0 Å². The van der Waals surface area contributed by atoms with Crippen LogP contribution in [0.25, 0.3) is 11.4 Å². The number of H-pyrrole nitrogens is 1. The van der Waals surface area contributed by atoms with E-state index in [2.05, 4.69) is 24.6 Å². The molecular weight excluding hydrogens is 134 g/mol. The van der Waals surface area contributed by atoms with Gasteiger partial charge < -0.3 is 9.05 Å². The van der Waals surface area contributed by atoms with Gasteiger partial charge in [0, 0.05) is 6.07 Å². The lowest BCUT2D eigenvalue weighted by atomic mass is 10.3. The molecule has 10 heavy (non-hydrogen) atoms. The Bertz CT molecular complexity index is 254. The molecular formula is C5H4N3O2+. The van der Waals surface area contributed by atoms with Gasteiger partial charge in [-0.15, -0.1) is 0 Å². The summed E-state index contributed by atoms with van der Waals surface area (Å²) < 4.78 is 9.15. The lowest BCUT2D eigenvalue weighted by Gasteiger charge is -1.70. The van der Waals surface area contributed by atoms with Gasteiger partial charge in [0.25, 0.3) is 5.69 Å². The fourth-order valence-electron chi connectivity index (χ4n) is 0.650. The smallest absolute Gasteiger partial charge is 0.299 e. The minimum atomic E-state index is 0.682. The van der Waals surface area contributed by atoms with Crippen molar-refractivity contribution in [3.05, 3.63) is 18.6 Å². The second-order valence-corrected chi connectivity index (χ2v) is 1.72. The van der Waals surface area contributed by atoms with Crippen LogP contribution >= 0.6 is 0 Å². The summed E-state index contributed by atoms with van der Waals surface area (Å²) in [6.07, 6.45) is 2.94. The number of rotatable bonds is 1. The van der Waals surface area contributed by atoms with Gasteiger partial charge in [0.1, 0.15) is 6.26 Å². The molecule has 2 aromatic rings. The third kappa shape index (κ3) is 0.680. The molecule has 0 atom stereocenters. The van der Waals surface area contributed by atoms with Gasteiger partial charge >= 0.3 is 0 Å². The molecule has 0 aromatic carbocycles. The van der Waals surface area contributed by atoms with Gasteiger partial charge in [-0.2, -0.15) is 0 Å². The van der Waals surface area contributed by atoms with Gasteiger partial charge in [-0.1, -0.05) is 10.3 Å². The summed E-state index contributed by atoms with van der Waals surface area (Å²) >= 11 is 0. The van der Waals surface area contributed by atoms with Gasteiger partial charge in [-0.3, -0.25) is 0 Å². The molecule has 0 saturated heterocycles. The average Bonchev–Trinajstić information content (AvgIpc) is 2.59. The van der Waals surface area contributed by atoms with Crippen molar-refractivity contribution in [2.45, 2.75) is 0 Å². The molecule has 1 N–H and O–H groups in total. The first-order chi connectivity index (χ1) is 4.97. The topological polar surface area (TPSA) is 66.2 Å². The number of aromatic amines is 1. The largest absolute Gasteiger partial charge is 0.364 e. The molecule has 0 aliphatic carbocycles. The molecule has 50 valence electrons. The fourth-order valence-corrected chi connectivity index (χ4v) is 0.650. The summed E-state index contributed by atoms with van der Waals surface area (Å²) in [7, 11) is 0. The molecule has 2 heterocycles. The number of nitrogens with zero attached hydrogens (tertiary/aromatic N) is 2. The molecule has 0 aliphatic heterocycles. The zero-order valence-corrected chi connectivity index (χ0v) is 4.94. The summed E-state index contributed by atoms with van der Waals surface area (Å²) in [6, 6.07) is 1.71. The third-order valence-electron chi connectivity index (χ3n) is 1.10. The van der Waals surface area contributed by atoms with Gasteiger partial charge in [-0.05, 0) is 0 Å². The highest BCUT2D eigenvalue weighted by molar-refractivity contribution is 5.45. The van der Waals surface area contributed by atoms with E-state index in [1.807, 2.05) is 0 Å². The maximum Gasteiger partial charge on any atom is 0.299 e. The molecule has 0 amide bonds. The standard InChI is InChI=1S/C5H3N3O2/c1-2-9-7-4(1)5-3-10-8-6-5/h1-3H/p+1. The minimum Gasteiger partial charge on any atom is -0.364 e. The average molecular weight is 138 g/mol. The van der Waals surface area contributed by atoms with E-state index >= 15 is 0 Å². The van der Waals surface area contributed by atoms with Crippen LogP contribution in [-0.2, 0) is 0 Å². The Hall–Kier alpha value is -1.65. The second-order valence-electron chi connectivity index (χ2n) is 1.72. The van der Waals surface area contributed by atoms with Gasteiger partial charge in [0.15, 0.2) is 11.0 Å². The van der Waals surface area contributed by atoms with E-state index in [1.54, 1.807) is 6.07 Å². The second kappa shape index (κ2) is 1.94. The summed E-state index contributed by atoms with van der Waals surface area (Å²) in [4.78, 5) is 0. The van der Waals surface area contributed by atoms with Gasteiger partial charge in [-0.25, -0.2) is 0 Å². The molecule has 0 saturated carbocycles. The molecule has 2 rings (SSSR count). The quantitative estimate of drug-likeness (QED) is 0.562. The van der Waals surface area contributed by atoms with E-state index in [9.17, 15) is 0 Å². The van der Waals surface area contributed by atoms with E-state index in [-0.39, 0.29) is 0 Å². The Balaban J connectivity index is 2.48. The van der Waals surface area contributed by atoms with Crippen LogP contribution in [0.4, 0.5) is 0 Å². The van der Waals surface area contributed by atoms with Crippen LogP contribution in [0.1, 0.15) is 0 Å². The van der Waals surface area contributed by atoms with Crippen LogP contribution in [0, 0.1) is 0 Å². The third-order valence-corrected chi connectivity index (χ3v) is 1.10. The summed E-state index contributed by atoms with van der Waals surface area (Å²) in [5.41, 5.74) is 1.38. The SMILES string of the molecule is c1cc(-c2con[nH+]2)no1. The van der Waals surface area contributed by atoms with Crippen molar-refractivity contribution in [2.75, 3.05) is 0 Å². The molecule has 0 unspecified atom stereocenters. The first kappa shape index (κ1) is 5.16. The van der Waals surface area contributed by atoms with Crippen molar-refractivity contribution < 1.29 is 14.1 Å². The lowest BCUT2D eigenvalue weighted by molar-refractivity contribution is -0.461. The van der Waals surface area contributed by atoms with E-state index in [0.29, 0.717) is 11.4 Å². The van der Waals surface area contributed by atoms with Crippen molar-refractivity contribution in [1.29, 1.82) is 0 Å². The molecule has 0 spiro atoms. The first-order valence-electron chi connectivity index (χ1n) is 2.69. The summed E-state index contributed by atoms with van der Waals surface area (Å²) in [5.74, 6) is 0. The van der Waals surface area contributed by atoms with Crippen LogP contribution in [0.5, 0.6) is 0 Å². The zero-order chi connectivity index (χ0) is 6.81. The molecule has 0 aliphatic rings. The predicted molar refractivity (Wildman–Crippen MR) is 28.6 cm³/mol. The Labute approximate surface area is 55.6 Å². The molecule has 5 heteroatoms. The highest BCUT2D eigenvalue weighted by Crippen LogP contribution is 2.08. The van der Waals surface area contributed by atoms with Crippen LogP contribution in [-0.4, -0.2) is 10.4 Å². The normalized spacial score (nSPS) is 10.0. The minimum absolute atomic E-state index is 0.682. The van der Waals surface area contributed by atoms with Crippen LogP contribution in [0.3, 0.4) is 0 Å². The van der Waals surface area contributed by atoms with E-state index < -0.39 is 0 Å². The number of hydrogen-bond donors (Lipinski definition) is 0. The van der Waals surface area contributed by atoms with E-state index in [4.69, 9.17) is 0 Å². The molecule has 0 fully saturated rings. The highest BCUT2D eigenvalue weighted by Gasteiger charge is 2.10. The van der Waals surface area contributed by atoms with E-state index in [0.717, 1.165) is 0 Å². The Kier molecular flexibility index (Phi) is 1.00. The molecule has 2 aromatic heterocycles. The lowest BCUT2D eigenvalue weighted by Crippen LogP contribution is -2.03. The van der Waals surface area contributed by atoms with Gasteiger partial charge in [0.2, 0.25) is 6.26 Å². The number of nitrogens with one attached hydrogen (secondary N) is 1. The Morgan fingerprint density at radius 3 is 3.00 bits per heavy atom. The Morgan fingerprint density at radius 1 is 1.40 bits per heavy atom. The van der Waals surface area contributed by atoms with Crippen molar-refractivity contribution in [3.8, 4) is 11.4 Å². The van der Waals surface area contributed by atoms with Crippen LogP contribution in [0.2, 0.25) is 0 Å². The zero-order valence-electron chi connectivity index (χ0n) is 4.94. The van der Waals surface area contributed by atoms with Crippen LogP contribution in [0.15, 0.2) is 27.6 Å². The van der Waals surface area contributed by atoms with Crippen molar-refractivity contribution in [2.24, 2.45) is 0 Å². The monoisotopic (exact) mass is 138 g/mol. The molecule has 5 nitrogen and oxygen atoms in total. The van der Waals surface area contributed by atoms with Crippen molar-refractivity contribution >= 4 is 0 Å². The molecule has 0 bridgehead atoms. The highest BCUT2D eigenvalue weighted by atomic mass is 16.5. The first-order valence-corrected chi connectivity index (χ1v) is 2.69. The fraction of sp³-hybridized carbons (Fsp3) is 0. The Morgan fingerprint density at radius 2 is 2.40 bits per heavy atom. The van der Waals surface area contributed by atoms with E-state index in [1.165, 1.54) is 12.5 Å². The van der Waals surface area contributed by atoms with Crippen molar-refractivity contribution in [1.82, 2.24) is 10.4 Å². The maximum absolute atomic E-state index is 4.60. The van der Waals surface area contributed by atoms with Crippen molar-refractivity contribution in [3.63, 3.8) is 0 Å². The van der Waals surface area contributed by atoms with Crippen LogP contribution < -0.4 is 5.10 Å². The summed E-state index contributed by atoms with van der Waals surface area (Å²) in [6.45, 7) is 0.